The molecule has 1 amide bonds. The van der Waals surface area contributed by atoms with E-state index in [4.69, 9.17) is 9.47 Å². The van der Waals surface area contributed by atoms with Crippen LogP contribution in [0.25, 0.3) is 0 Å². The van der Waals surface area contributed by atoms with Gasteiger partial charge in [0.25, 0.3) is 5.91 Å². The maximum atomic E-state index is 13.4. The Hall–Kier alpha value is -2.53. The molecular formula is C23H30N2O3. The minimum atomic E-state index is -0.0174. The Kier molecular flexibility index (Phi) is 6.93. The molecule has 0 radical (unpaired) electrons. The molecule has 28 heavy (non-hydrogen) atoms. The third-order valence-electron chi connectivity index (χ3n) is 4.98. The molecule has 1 saturated heterocycles. The van der Waals surface area contributed by atoms with E-state index in [0.717, 1.165) is 30.7 Å². The van der Waals surface area contributed by atoms with Crippen molar-refractivity contribution in [1.29, 1.82) is 0 Å². The second-order valence-electron chi connectivity index (χ2n) is 7.31. The monoisotopic (exact) mass is 382 g/mol. The molecule has 5 nitrogen and oxygen atoms in total. The maximum absolute atomic E-state index is 13.4. The van der Waals surface area contributed by atoms with Crippen molar-refractivity contribution in [3.8, 4) is 5.75 Å². The zero-order chi connectivity index (χ0) is 19.9. The lowest BCUT2D eigenvalue weighted by Gasteiger charge is -2.26. The molecule has 0 saturated carbocycles. The van der Waals surface area contributed by atoms with Gasteiger partial charge in [-0.1, -0.05) is 24.3 Å². The second kappa shape index (κ2) is 9.60. The van der Waals surface area contributed by atoms with Gasteiger partial charge in [0.15, 0.2) is 0 Å². The maximum Gasteiger partial charge on any atom is 0.258 e. The van der Waals surface area contributed by atoms with Gasteiger partial charge in [0.1, 0.15) is 5.75 Å². The topological polar surface area (TPSA) is 42.0 Å². The minimum Gasteiger partial charge on any atom is -0.493 e. The van der Waals surface area contributed by atoms with Crippen molar-refractivity contribution >= 4 is 11.6 Å². The predicted molar refractivity (Wildman–Crippen MR) is 112 cm³/mol. The van der Waals surface area contributed by atoms with Gasteiger partial charge < -0.3 is 19.3 Å². The predicted octanol–water partition coefficient (Wildman–Crippen LogP) is 3.97. The van der Waals surface area contributed by atoms with Crippen molar-refractivity contribution in [2.24, 2.45) is 0 Å². The fourth-order valence-corrected chi connectivity index (χ4v) is 3.47. The molecule has 0 aliphatic carbocycles. The van der Waals surface area contributed by atoms with E-state index in [1.165, 1.54) is 0 Å². The standard InChI is InChI=1S/C23H30N2O3/c1-4-27-22-10-6-5-9-21(22)23(26)25(17-20-8-7-15-28-20)16-18-11-13-19(14-12-18)24(2)3/h5-6,9-14,20H,4,7-8,15-17H2,1-3H3. The number of benzene rings is 2. The summed E-state index contributed by atoms with van der Waals surface area (Å²) >= 11 is 0. The highest BCUT2D eigenvalue weighted by molar-refractivity contribution is 5.97. The zero-order valence-electron chi connectivity index (χ0n) is 17.1. The van der Waals surface area contributed by atoms with E-state index in [2.05, 4.69) is 29.2 Å². The van der Waals surface area contributed by atoms with Crippen molar-refractivity contribution in [1.82, 2.24) is 4.90 Å². The van der Waals surface area contributed by atoms with Gasteiger partial charge in [-0.2, -0.15) is 0 Å². The van der Waals surface area contributed by atoms with Crippen molar-refractivity contribution < 1.29 is 14.3 Å². The summed E-state index contributed by atoms with van der Waals surface area (Å²) in [5.41, 5.74) is 2.85. The number of hydrogen-bond donors (Lipinski definition) is 0. The largest absolute Gasteiger partial charge is 0.493 e. The first-order valence-corrected chi connectivity index (χ1v) is 9.97. The SMILES string of the molecule is CCOc1ccccc1C(=O)N(Cc1ccc(N(C)C)cc1)CC1CCCO1. The first-order valence-electron chi connectivity index (χ1n) is 9.97. The number of ether oxygens (including phenoxy) is 2. The lowest BCUT2D eigenvalue weighted by molar-refractivity contribution is 0.0504. The van der Waals surface area contributed by atoms with Crippen LogP contribution >= 0.6 is 0 Å². The van der Waals surface area contributed by atoms with Gasteiger partial charge in [-0.3, -0.25) is 4.79 Å². The quantitative estimate of drug-likeness (QED) is 0.693. The molecule has 0 bridgehead atoms. The molecule has 2 aromatic rings. The van der Waals surface area contributed by atoms with Crippen LogP contribution in [0.4, 0.5) is 5.69 Å². The highest BCUT2D eigenvalue weighted by Gasteiger charge is 2.25. The molecule has 0 aromatic heterocycles. The molecule has 2 aromatic carbocycles. The van der Waals surface area contributed by atoms with E-state index in [0.29, 0.717) is 31.0 Å². The summed E-state index contributed by atoms with van der Waals surface area (Å²) in [4.78, 5) is 17.3. The van der Waals surface area contributed by atoms with Crippen LogP contribution in [0.3, 0.4) is 0 Å². The molecule has 0 spiro atoms. The summed E-state index contributed by atoms with van der Waals surface area (Å²) in [6.07, 6.45) is 2.15. The molecule has 5 heteroatoms. The molecule has 150 valence electrons. The van der Waals surface area contributed by atoms with Crippen molar-refractivity contribution in [2.75, 3.05) is 38.8 Å². The van der Waals surface area contributed by atoms with Crippen LogP contribution in [0.2, 0.25) is 0 Å². The molecule has 1 unspecified atom stereocenters. The molecular weight excluding hydrogens is 352 g/mol. The highest BCUT2D eigenvalue weighted by Crippen LogP contribution is 2.23. The third-order valence-corrected chi connectivity index (χ3v) is 4.98. The summed E-state index contributed by atoms with van der Waals surface area (Å²) in [7, 11) is 4.04. The van der Waals surface area contributed by atoms with Gasteiger partial charge in [-0.25, -0.2) is 0 Å². The van der Waals surface area contributed by atoms with E-state index >= 15 is 0 Å². The van der Waals surface area contributed by atoms with Crippen LogP contribution in [0.5, 0.6) is 5.75 Å². The van der Waals surface area contributed by atoms with Crippen LogP contribution in [0.15, 0.2) is 48.5 Å². The number of carbonyl (C=O) groups is 1. The first-order chi connectivity index (χ1) is 13.6. The van der Waals surface area contributed by atoms with Gasteiger partial charge in [-0.15, -0.1) is 0 Å². The Bertz CT molecular complexity index is 768. The number of amides is 1. The Morgan fingerprint density at radius 2 is 1.89 bits per heavy atom. The molecule has 1 atom stereocenters. The van der Waals surface area contributed by atoms with Gasteiger partial charge in [-0.05, 0) is 49.6 Å². The molecule has 1 aliphatic heterocycles. The Balaban J connectivity index is 1.82. The summed E-state index contributed by atoms with van der Waals surface area (Å²) in [6, 6.07) is 15.8. The van der Waals surface area contributed by atoms with Crippen LogP contribution in [0.1, 0.15) is 35.7 Å². The zero-order valence-corrected chi connectivity index (χ0v) is 17.1. The van der Waals surface area contributed by atoms with Gasteiger partial charge >= 0.3 is 0 Å². The van der Waals surface area contributed by atoms with Crippen molar-refractivity contribution in [3.05, 3.63) is 59.7 Å². The third kappa shape index (κ3) is 5.04. The number of nitrogens with zero attached hydrogens (tertiary/aromatic N) is 2. The molecule has 1 fully saturated rings. The molecule has 0 N–H and O–H groups in total. The lowest BCUT2D eigenvalue weighted by Crippen LogP contribution is -2.37. The minimum absolute atomic E-state index is 0.0174. The van der Waals surface area contributed by atoms with Crippen LogP contribution in [-0.2, 0) is 11.3 Å². The highest BCUT2D eigenvalue weighted by atomic mass is 16.5. The van der Waals surface area contributed by atoms with E-state index in [9.17, 15) is 4.79 Å². The van der Waals surface area contributed by atoms with Crippen LogP contribution in [-0.4, -0.2) is 50.8 Å². The molecule has 1 aliphatic rings. The van der Waals surface area contributed by atoms with Gasteiger partial charge in [0.2, 0.25) is 0 Å². The van der Waals surface area contributed by atoms with Gasteiger partial charge in [0, 0.05) is 39.5 Å². The molecule has 3 rings (SSSR count). The number of anilines is 1. The fraction of sp³-hybridized carbons (Fsp3) is 0.435. The Morgan fingerprint density at radius 1 is 1.14 bits per heavy atom. The Morgan fingerprint density at radius 3 is 2.54 bits per heavy atom. The van der Waals surface area contributed by atoms with E-state index in [1.54, 1.807) is 0 Å². The number of rotatable bonds is 8. The van der Waals surface area contributed by atoms with Gasteiger partial charge in [0.05, 0.1) is 18.3 Å². The summed E-state index contributed by atoms with van der Waals surface area (Å²) in [5, 5.41) is 0. The molecule has 1 heterocycles. The number of para-hydroxylation sites is 1. The number of hydrogen-bond acceptors (Lipinski definition) is 4. The van der Waals surface area contributed by atoms with Crippen molar-refractivity contribution in [3.63, 3.8) is 0 Å². The smallest absolute Gasteiger partial charge is 0.258 e. The Labute approximate surface area is 167 Å². The summed E-state index contributed by atoms with van der Waals surface area (Å²) in [6.45, 7) is 4.38. The summed E-state index contributed by atoms with van der Waals surface area (Å²) in [5.74, 6) is 0.617. The lowest BCUT2D eigenvalue weighted by atomic mass is 10.1. The fourth-order valence-electron chi connectivity index (χ4n) is 3.47. The van der Waals surface area contributed by atoms with E-state index < -0.39 is 0 Å². The van der Waals surface area contributed by atoms with Crippen LogP contribution < -0.4 is 9.64 Å². The first kappa shape index (κ1) is 20.2. The average molecular weight is 383 g/mol. The number of carbonyl (C=O) groups excluding carboxylic acids is 1. The normalized spacial score (nSPS) is 16.0. The second-order valence-corrected chi connectivity index (χ2v) is 7.31. The van der Waals surface area contributed by atoms with E-state index in [-0.39, 0.29) is 12.0 Å². The van der Waals surface area contributed by atoms with E-state index in [1.807, 2.05) is 50.2 Å². The average Bonchev–Trinajstić information content (AvgIpc) is 3.21. The van der Waals surface area contributed by atoms with Crippen molar-refractivity contribution in [2.45, 2.75) is 32.4 Å². The van der Waals surface area contributed by atoms with Crippen LogP contribution in [0, 0.1) is 0 Å². The summed E-state index contributed by atoms with van der Waals surface area (Å²) < 4.78 is 11.5.